The van der Waals surface area contributed by atoms with E-state index in [-0.39, 0.29) is 0 Å². The Labute approximate surface area is 105 Å². The molecule has 0 radical (unpaired) electrons. The quantitative estimate of drug-likeness (QED) is 0.693. The van der Waals surface area contributed by atoms with Gasteiger partial charge in [-0.25, -0.2) is 0 Å². The molecule has 0 saturated heterocycles. The van der Waals surface area contributed by atoms with Crippen molar-refractivity contribution in [2.75, 3.05) is 0 Å². The molecule has 18 heavy (non-hydrogen) atoms. The van der Waals surface area contributed by atoms with Crippen LogP contribution in [0.1, 0.15) is 11.8 Å². The zero-order valence-corrected chi connectivity index (χ0v) is 10.6. The van der Waals surface area contributed by atoms with E-state index in [0.29, 0.717) is 15.0 Å². The van der Waals surface area contributed by atoms with Crippen LogP contribution in [-0.2, 0) is 10.3 Å². The number of carboxylic acids is 1. The van der Waals surface area contributed by atoms with Gasteiger partial charge in [-0.2, -0.15) is 0 Å². The molecule has 0 saturated carbocycles. The maximum absolute atomic E-state index is 12.7. The third kappa shape index (κ3) is 3.46. The number of thiophene rings is 1. The van der Waals surface area contributed by atoms with Crippen LogP contribution in [0.15, 0.2) is 30.3 Å². The normalized spacial score (nSPS) is 11.9. The van der Waals surface area contributed by atoms with Crippen LogP contribution < -0.4 is 5.11 Å². The second kappa shape index (κ2) is 5.39. The maximum atomic E-state index is 12.7. The minimum absolute atomic E-state index is 0.400. The first kappa shape index (κ1) is 14.5. The number of aryl methyl sites for hydroxylation is 1. The van der Waals surface area contributed by atoms with E-state index >= 15 is 0 Å². The molecular weight excluding hydrogens is 265 g/mol. The molecule has 1 aromatic carbocycles. The third-order valence-corrected chi connectivity index (χ3v) is 4.09. The van der Waals surface area contributed by atoms with Gasteiger partial charge in [-0.3, -0.25) is 0 Å². The average Bonchev–Trinajstić information content (AvgIpc) is 2.51. The number of hydrogen-bond acceptors (Lipinski definition) is 2. The number of aliphatic carboxylic acids is 1. The van der Waals surface area contributed by atoms with E-state index in [1.54, 1.807) is 30.3 Å². The molecule has 1 unspecified atom stereocenters. The van der Waals surface area contributed by atoms with E-state index in [1.807, 2.05) is 0 Å². The summed E-state index contributed by atoms with van der Waals surface area (Å²) in [4.78, 5) is 9.29. The number of rotatable bonds is 0. The number of halogens is 3. The fourth-order valence-electron chi connectivity index (χ4n) is 1.54. The summed E-state index contributed by atoms with van der Waals surface area (Å²) in [5, 5.41) is 9.59. The summed E-state index contributed by atoms with van der Waals surface area (Å²) in [6.07, 6.45) is 0. The second-order valence-electron chi connectivity index (χ2n) is 3.54. The van der Waals surface area contributed by atoms with E-state index < -0.39 is 21.9 Å². The number of carbonyl (C=O) groups is 1. The van der Waals surface area contributed by atoms with E-state index in [0.717, 1.165) is 6.92 Å². The molecule has 0 bridgehead atoms. The number of carbonyl (C=O) groups excluding carboxylic acids is 1. The Hall–Kier alpha value is -1.56. The first-order valence-corrected chi connectivity index (χ1v) is 6.22. The Morgan fingerprint density at radius 2 is 1.78 bits per heavy atom. The van der Waals surface area contributed by atoms with E-state index in [1.165, 1.54) is 6.92 Å². The highest BCUT2D eigenvalue weighted by atomic mass is 32.2. The van der Waals surface area contributed by atoms with Gasteiger partial charge in [-0.05, 0) is 19.1 Å². The standard InChI is InChI=1S/C10H8F3S.C2H4O2/c1-7-6-8-4-2-3-5-9(8)14(7)10(11,12)13;1-2(3)4/h2-6H,1H3;1H3,(H,3,4)/q+1;/p-1. The lowest BCUT2D eigenvalue weighted by Crippen LogP contribution is -2.16. The summed E-state index contributed by atoms with van der Waals surface area (Å²) in [6.45, 7) is 2.51. The summed E-state index contributed by atoms with van der Waals surface area (Å²) in [7, 11) is -1.70. The maximum Gasteiger partial charge on any atom is 0.600 e. The highest BCUT2D eigenvalue weighted by Gasteiger charge is 2.46. The Bertz CT molecular complexity index is 554. The SMILES string of the molecule is CC(=O)[O-].Cc1cc2ccccc2[s+]1C(F)(F)F. The lowest BCUT2D eigenvalue weighted by molar-refractivity contribution is -0.302. The first-order valence-electron chi connectivity index (χ1n) is 4.99. The zero-order valence-electron chi connectivity index (χ0n) is 9.75. The Morgan fingerprint density at radius 3 is 2.28 bits per heavy atom. The predicted octanol–water partition coefficient (Wildman–Crippen LogP) is 3.13. The Morgan fingerprint density at radius 1 is 1.28 bits per heavy atom. The largest absolute Gasteiger partial charge is 0.600 e. The molecule has 0 spiro atoms. The van der Waals surface area contributed by atoms with Gasteiger partial charge in [0.15, 0.2) is 9.58 Å². The van der Waals surface area contributed by atoms with Gasteiger partial charge in [-0.1, -0.05) is 12.1 Å². The fourth-order valence-corrected chi connectivity index (χ4v) is 3.33. The van der Waals surface area contributed by atoms with Gasteiger partial charge in [0.1, 0.15) is 0 Å². The molecule has 0 aliphatic carbocycles. The van der Waals surface area contributed by atoms with Gasteiger partial charge in [0, 0.05) is 24.3 Å². The number of carboxylic acid groups (broad SMARTS) is 1. The highest BCUT2D eigenvalue weighted by molar-refractivity contribution is 7.38. The number of benzene rings is 1. The minimum atomic E-state index is -4.15. The summed E-state index contributed by atoms with van der Waals surface area (Å²) in [5.74, 6) is -1.08. The van der Waals surface area contributed by atoms with Gasteiger partial charge in [0.2, 0.25) is 0 Å². The van der Waals surface area contributed by atoms with Crippen LogP contribution in [0.2, 0.25) is 0 Å². The smallest absolute Gasteiger partial charge is 0.550 e. The van der Waals surface area contributed by atoms with Crippen molar-refractivity contribution in [1.82, 2.24) is 0 Å². The van der Waals surface area contributed by atoms with Crippen molar-refractivity contribution in [1.29, 1.82) is 0 Å². The van der Waals surface area contributed by atoms with Gasteiger partial charge in [-0.15, -0.1) is 13.2 Å². The lowest BCUT2D eigenvalue weighted by atomic mass is 10.2. The summed E-state index contributed by atoms with van der Waals surface area (Å²) in [6, 6.07) is 8.30. The average molecular weight is 276 g/mol. The van der Waals surface area contributed by atoms with E-state index in [2.05, 4.69) is 0 Å². The van der Waals surface area contributed by atoms with Gasteiger partial charge < -0.3 is 9.90 Å². The highest BCUT2D eigenvalue weighted by Crippen LogP contribution is 2.50. The molecule has 6 heteroatoms. The van der Waals surface area contributed by atoms with Crippen LogP contribution in [-0.4, -0.2) is 5.97 Å². The second-order valence-corrected chi connectivity index (χ2v) is 5.70. The van der Waals surface area contributed by atoms with E-state index in [4.69, 9.17) is 9.90 Å². The molecule has 1 aromatic heterocycles. The zero-order chi connectivity index (χ0) is 13.9. The van der Waals surface area contributed by atoms with Crippen molar-refractivity contribution < 1.29 is 23.1 Å². The number of hydrogen-bond donors (Lipinski definition) is 0. The molecular formula is C12H11F3O2S. The van der Waals surface area contributed by atoms with Crippen LogP contribution in [0.3, 0.4) is 0 Å². The molecule has 0 aliphatic rings. The van der Waals surface area contributed by atoms with Crippen molar-refractivity contribution in [3.8, 4) is 0 Å². The van der Waals surface area contributed by atoms with Crippen molar-refractivity contribution >= 4 is 26.5 Å². The molecule has 0 N–H and O–H groups in total. The molecule has 1 atom stereocenters. The van der Waals surface area contributed by atoms with Crippen molar-refractivity contribution in [2.24, 2.45) is 0 Å². The monoisotopic (exact) mass is 276 g/mol. The van der Waals surface area contributed by atoms with Crippen molar-refractivity contribution in [2.45, 2.75) is 19.4 Å². The summed E-state index contributed by atoms with van der Waals surface area (Å²) >= 11 is 0. The molecule has 98 valence electrons. The third-order valence-electron chi connectivity index (χ3n) is 2.05. The van der Waals surface area contributed by atoms with Gasteiger partial charge in [0.25, 0.3) is 0 Å². The van der Waals surface area contributed by atoms with Crippen LogP contribution >= 0.6 is 10.5 Å². The van der Waals surface area contributed by atoms with Gasteiger partial charge >= 0.3 is 5.51 Å². The molecule has 2 rings (SSSR count). The van der Waals surface area contributed by atoms with E-state index in [9.17, 15) is 13.2 Å². The molecule has 0 aliphatic heterocycles. The summed E-state index contributed by atoms with van der Waals surface area (Å²) < 4.78 is 38.4. The molecule has 0 amide bonds. The van der Waals surface area contributed by atoms with Crippen LogP contribution in [0.5, 0.6) is 0 Å². The Kier molecular flexibility index (Phi) is 4.34. The first-order chi connectivity index (χ1) is 8.23. The molecule has 1 heterocycles. The molecule has 2 aromatic rings. The van der Waals surface area contributed by atoms with Crippen molar-refractivity contribution in [3.63, 3.8) is 0 Å². The Balaban J connectivity index is 0.000000357. The minimum Gasteiger partial charge on any atom is -0.550 e. The number of alkyl halides is 3. The molecule has 0 fully saturated rings. The molecule has 2 nitrogen and oxygen atoms in total. The topological polar surface area (TPSA) is 40.1 Å². The van der Waals surface area contributed by atoms with Crippen LogP contribution in [0.25, 0.3) is 10.1 Å². The van der Waals surface area contributed by atoms with Crippen molar-refractivity contribution in [3.05, 3.63) is 35.2 Å². The predicted molar refractivity (Wildman–Crippen MR) is 63.1 cm³/mol. The fraction of sp³-hybridized carbons (Fsp3) is 0.250. The van der Waals surface area contributed by atoms with Gasteiger partial charge in [0.05, 0.1) is 10.5 Å². The van der Waals surface area contributed by atoms with Crippen LogP contribution in [0.4, 0.5) is 13.2 Å². The summed E-state index contributed by atoms with van der Waals surface area (Å²) in [5.41, 5.74) is -4.15. The lowest BCUT2D eigenvalue weighted by Gasteiger charge is -1.96. The van der Waals surface area contributed by atoms with Crippen LogP contribution in [0, 0.1) is 6.92 Å². The number of fused-ring (bicyclic) bond motifs is 1.